The van der Waals surface area contributed by atoms with Crippen molar-refractivity contribution < 1.29 is 4.79 Å². The summed E-state index contributed by atoms with van der Waals surface area (Å²) in [6.45, 7) is 6.94. The molecule has 2 nitrogen and oxygen atoms in total. The smallest absolute Gasteiger partial charge is 0.252 e. The van der Waals surface area contributed by atoms with Crippen molar-refractivity contribution in [1.29, 1.82) is 0 Å². The maximum Gasteiger partial charge on any atom is 0.252 e. The van der Waals surface area contributed by atoms with Gasteiger partial charge in [-0.25, -0.2) is 0 Å². The minimum absolute atomic E-state index is 0.377. The summed E-state index contributed by atoms with van der Waals surface area (Å²) < 4.78 is 0. The first-order chi connectivity index (χ1) is 7.19. The first-order valence-corrected chi connectivity index (χ1v) is 5.56. The van der Waals surface area contributed by atoms with Crippen LogP contribution in [0.4, 0.5) is 0 Å². The van der Waals surface area contributed by atoms with Gasteiger partial charge >= 0.3 is 0 Å². The molecular formula is C12H16ClNO. The predicted molar refractivity (Wildman–Crippen MR) is 63.3 cm³/mol. The largest absolute Gasteiger partial charge is 0.300 e. The molecule has 0 aliphatic heterocycles. The number of nitrogens with zero attached hydrogens (tertiary/aromatic N) is 1. The topological polar surface area (TPSA) is 20.3 Å². The Morgan fingerprint density at radius 2 is 1.87 bits per heavy atom. The third-order valence-electron chi connectivity index (χ3n) is 2.52. The summed E-state index contributed by atoms with van der Waals surface area (Å²) in [5.41, 5.74) is 1.62. The van der Waals surface area contributed by atoms with Crippen LogP contribution in [0, 0.1) is 0 Å². The van der Waals surface area contributed by atoms with Crippen LogP contribution in [0.5, 0.6) is 0 Å². The zero-order valence-electron chi connectivity index (χ0n) is 9.16. The summed E-state index contributed by atoms with van der Waals surface area (Å²) in [5, 5.41) is -0.377. The average Bonchev–Trinajstić information content (AvgIpc) is 2.26. The summed E-state index contributed by atoms with van der Waals surface area (Å²) in [6, 6.07) is 7.49. The quantitative estimate of drug-likeness (QED) is 0.719. The van der Waals surface area contributed by atoms with Crippen molar-refractivity contribution in [3.05, 3.63) is 35.4 Å². The summed E-state index contributed by atoms with van der Waals surface area (Å²) in [4.78, 5) is 13.4. The van der Waals surface area contributed by atoms with E-state index in [0.717, 1.165) is 25.2 Å². The third kappa shape index (κ3) is 3.33. The second-order valence-corrected chi connectivity index (χ2v) is 3.74. The molecule has 0 amide bonds. The van der Waals surface area contributed by atoms with E-state index >= 15 is 0 Å². The fourth-order valence-corrected chi connectivity index (χ4v) is 1.72. The van der Waals surface area contributed by atoms with Crippen LogP contribution in [0.2, 0.25) is 0 Å². The maximum absolute atomic E-state index is 11.2. The standard InChI is InChI=1S/C12H16ClNO/c1-3-14(4-2)9-10-7-5-6-8-11(10)12(13)15/h5-8H,3-4,9H2,1-2H3. The number of hydrogen-bond donors (Lipinski definition) is 0. The van der Waals surface area contributed by atoms with Gasteiger partial charge in [-0.2, -0.15) is 0 Å². The Morgan fingerprint density at radius 1 is 1.27 bits per heavy atom. The highest BCUT2D eigenvalue weighted by molar-refractivity contribution is 6.67. The zero-order valence-corrected chi connectivity index (χ0v) is 9.92. The average molecular weight is 226 g/mol. The molecule has 0 saturated heterocycles. The molecule has 0 saturated carbocycles. The van der Waals surface area contributed by atoms with Crippen molar-refractivity contribution in [3.63, 3.8) is 0 Å². The molecule has 0 N–H and O–H groups in total. The molecule has 0 aliphatic rings. The van der Waals surface area contributed by atoms with Crippen LogP contribution in [-0.4, -0.2) is 23.2 Å². The highest BCUT2D eigenvalue weighted by Gasteiger charge is 2.09. The fourth-order valence-electron chi connectivity index (χ4n) is 1.54. The van der Waals surface area contributed by atoms with Gasteiger partial charge in [0.25, 0.3) is 5.24 Å². The maximum atomic E-state index is 11.2. The van der Waals surface area contributed by atoms with Gasteiger partial charge in [-0.05, 0) is 36.3 Å². The molecule has 0 aromatic heterocycles. The molecular weight excluding hydrogens is 210 g/mol. The van der Waals surface area contributed by atoms with Gasteiger partial charge < -0.3 is 0 Å². The molecule has 0 bridgehead atoms. The van der Waals surface area contributed by atoms with Gasteiger partial charge in [-0.1, -0.05) is 32.0 Å². The molecule has 0 atom stereocenters. The molecule has 0 radical (unpaired) electrons. The highest BCUT2D eigenvalue weighted by atomic mass is 35.5. The molecule has 0 unspecified atom stereocenters. The molecule has 1 aromatic carbocycles. The van der Waals surface area contributed by atoms with E-state index in [9.17, 15) is 4.79 Å². The van der Waals surface area contributed by atoms with Crippen molar-refractivity contribution in [3.8, 4) is 0 Å². The second-order valence-electron chi connectivity index (χ2n) is 3.39. The predicted octanol–water partition coefficient (Wildman–Crippen LogP) is 2.91. The van der Waals surface area contributed by atoms with Crippen LogP contribution in [0.25, 0.3) is 0 Å². The van der Waals surface area contributed by atoms with Crippen LogP contribution in [-0.2, 0) is 6.54 Å². The second kappa shape index (κ2) is 5.89. The van der Waals surface area contributed by atoms with E-state index in [4.69, 9.17) is 11.6 Å². The van der Waals surface area contributed by atoms with E-state index < -0.39 is 0 Å². The molecule has 0 spiro atoms. The van der Waals surface area contributed by atoms with Gasteiger partial charge in [0.2, 0.25) is 0 Å². The lowest BCUT2D eigenvalue weighted by molar-refractivity contribution is 0.107. The van der Waals surface area contributed by atoms with Gasteiger partial charge in [0, 0.05) is 12.1 Å². The van der Waals surface area contributed by atoms with Crippen molar-refractivity contribution in [2.75, 3.05) is 13.1 Å². The summed E-state index contributed by atoms with van der Waals surface area (Å²) >= 11 is 5.52. The molecule has 0 aliphatic carbocycles. The van der Waals surface area contributed by atoms with Crippen LogP contribution in [0.1, 0.15) is 29.8 Å². The lowest BCUT2D eigenvalue weighted by atomic mass is 10.1. The minimum Gasteiger partial charge on any atom is -0.300 e. The molecule has 0 fully saturated rings. The van der Waals surface area contributed by atoms with Gasteiger partial charge in [-0.15, -0.1) is 0 Å². The number of carbonyl (C=O) groups excluding carboxylic acids is 1. The SMILES string of the molecule is CCN(CC)Cc1ccccc1C(=O)Cl. The van der Waals surface area contributed by atoms with Crippen molar-refractivity contribution >= 4 is 16.8 Å². The molecule has 15 heavy (non-hydrogen) atoms. The van der Waals surface area contributed by atoms with Gasteiger partial charge in [0.1, 0.15) is 0 Å². The number of benzene rings is 1. The first kappa shape index (κ1) is 12.2. The van der Waals surface area contributed by atoms with Crippen molar-refractivity contribution in [2.45, 2.75) is 20.4 Å². The van der Waals surface area contributed by atoms with E-state index in [1.54, 1.807) is 6.07 Å². The normalized spacial score (nSPS) is 10.7. The first-order valence-electron chi connectivity index (χ1n) is 5.19. The Hall–Kier alpha value is -0.860. The number of hydrogen-bond acceptors (Lipinski definition) is 2. The Kier molecular flexibility index (Phi) is 4.79. The zero-order chi connectivity index (χ0) is 11.3. The Balaban J connectivity index is 2.88. The van der Waals surface area contributed by atoms with Crippen LogP contribution in [0.15, 0.2) is 24.3 Å². The van der Waals surface area contributed by atoms with Gasteiger partial charge in [0.15, 0.2) is 0 Å². The van der Waals surface area contributed by atoms with E-state index in [2.05, 4.69) is 18.7 Å². The number of rotatable bonds is 5. The lowest BCUT2D eigenvalue weighted by Crippen LogP contribution is -2.23. The fraction of sp³-hybridized carbons (Fsp3) is 0.417. The molecule has 1 rings (SSSR count). The summed E-state index contributed by atoms with van der Waals surface area (Å²) in [5.74, 6) is 0. The molecule has 3 heteroatoms. The van der Waals surface area contributed by atoms with E-state index in [1.807, 2.05) is 18.2 Å². The Bertz CT molecular complexity index is 334. The monoisotopic (exact) mass is 225 g/mol. The van der Waals surface area contributed by atoms with Crippen molar-refractivity contribution in [2.24, 2.45) is 0 Å². The number of halogens is 1. The molecule has 82 valence electrons. The molecule has 0 heterocycles. The van der Waals surface area contributed by atoms with Crippen molar-refractivity contribution in [1.82, 2.24) is 4.90 Å². The summed E-state index contributed by atoms with van der Waals surface area (Å²) in [7, 11) is 0. The van der Waals surface area contributed by atoms with Gasteiger partial charge in [-0.3, -0.25) is 9.69 Å². The number of carbonyl (C=O) groups is 1. The Labute approximate surface area is 95.8 Å². The lowest BCUT2D eigenvalue weighted by Gasteiger charge is -2.19. The van der Waals surface area contributed by atoms with Crippen LogP contribution >= 0.6 is 11.6 Å². The van der Waals surface area contributed by atoms with Gasteiger partial charge in [0.05, 0.1) is 0 Å². The minimum atomic E-state index is -0.377. The van der Waals surface area contributed by atoms with E-state index in [0.29, 0.717) is 5.56 Å². The van der Waals surface area contributed by atoms with Crippen LogP contribution in [0.3, 0.4) is 0 Å². The highest BCUT2D eigenvalue weighted by Crippen LogP contribution is 2.13. The Morgan fingerprint density at radius 3 is 2.40 bits per heavy atom. The molecule has 1 aromatic rings. The van der Waals surface area contributed by atoms with Crippen LogP contribution < -0.4 is 0 Å². The third-order valence-corrected chi connectivity index (χ3v) is 2.72. The summed E-state index contributed by atoms with van der Waals surface area (Å²) in [6.07, 6.45) is 0. The van der Waals surface area contributed by atoms with E-state index in [-0.39, 0.29) is 5.24 Å². The van der Waals surface area contributed by atoms with E-state index in [1.165, 1.54) is 0 Å².